The second-order valence-corrected chi connectivity index (χ2v) is 6.10. The van der Waals surface area contributed by atoms with Gasteiger partial charge in [-0.25, -0.2) is 4.79 Å². The number of piperidine rings is 1. The number of carboxylic acids is 1. The Morgan fingerprint density at radius 2 is 1.89 bits per heavy atom. The summed E-state index contributed by atoms with van der Waals surface area (Å²) in [6.07, 6.45) is 2.41. The summed E-state index contributed by atoms with van der Waals surface area (Å²) in [7, 11) is 0. The van der Waals surface area contributed by atoms with Crippen LogP contribution in [0.15, 0.2) is 0 Å². The molecule has 0 aromatic carbocycles. The quantitative estimate of drug-likeness (QED) is 0.701. The molecule has 0 unspecified atom stereocenters. The molecule has 1 amide bonds. The SMILES string of the molecule is CC(C)(C)[C@@H](NC(=O)CC1CCNCC1)C(=O)O. The number of amides is 1. The van der Waals surface area contributed by atoms with Crippen LogP contribution in [-0.2, 0) is 9.59 Å². The standard InChI is InChI=1S/C13H24N2O3/c1-13(2,3)11(12(17)18)15-10(16)8-9-4-6-14-7-5-9/h9,11,14H,4-8H2,1-3H3,(H,15,16)(H,17,18)/t11-/m0/s1. The minimum Gasteiger partial charge on any atom is -0.480 e. The summed E-state index contributed by atoms with van der Waals surface area (Å²) in [4.78, 5) is 23.0. The third-order valence-corrected chi connectivity index (χ3v) is 3.35. The summed E-state index contributed by atoms with van der Waals surface area (Å²) in [6, 6.07) is -0.827. The Morgan fingerprint density at radius 1 is 1.33 bits per heavy atom. The van der Waals surface area contributed by atoms with Gasteiger partial charge >= 0.3 is 5.97 Å². The van der Waals surface area contributed by atoms with E-state index in [1.54, 1.807) is 0 Å². The van der Waals surface area contributed by atoms with Gasteiger partial charge in [-0.2, -0.15) is 0 Å². The van der Waals surface area contributed by atoms with Gasteiger partial charge in [-0.1, -0.05) is 20.8 Å². The van der Waals surface area contributed by atoms with E-state index in [4.69, 9.17) is 5.11 Å². The van der Waals surface area contributed by atoms with Gasteiger partial charge in [0.05, 0.1) is 0 Å². The highest BCUT2D eigenvalue weighted by molar-refractivity contribution is 5.84. The number of carbonyl (C=O) groups is 2. The van der Waals surface area contributed by atoms with E-state index in [0.717, 1.165) is 25.9 Å². The molecule has 18 heavy (non-hydrogen) atoms. The van der Waals surface area contributed by atoms with Crippen molar-refractivity contribution < 1.29 is 14.7 Å². The Morgan fingerprint density at radius 3 is 2.33 bits per heavy atom. The Kier molecular flexibility index (Phi) is 5.14. The summed E-state index contributed by atoms with van der Waals surface area (Å²) < 4.78 is 0. The zero-order valence-electron chi connectivity index (χ0n) is 11.5. The van der Waals surface area contributed by atoms with E-state index in [1.165, 1.54) is 0 Å². The Hall–Kier alpha value is -1.10. The molecule has 5 nitrogen and oxygen atoms in total. The summed E-state index contributed by atoms with van der Waals surface area (Å²) in [5.41, 5.74) is -0.477. The van der Waals surface area contributed by atoms with Crippen molar-refractivity contribution in [1.29, 1.82) is 0 Å². The molecule has 1 atom stereocenters. The van der Waals surface area contributed by atoms with Crippen molar-refractivity contribution in [3.8, 4) is 0 Å². The van der Waals surface area contributed by atoms with Crippen LogP contribution >= 0.6 is 0 Å². The van der Waals surface area contributed by atoms with Crippen molar-refractivity contribution in [3.05, 3.63) is 0 Å². The normalized spacial score (nSPS) is 19.3. The summed E-state index contributed by atoms with van der Waals surface area (Å²) in [5, 5.41) is 15.0. The monoisotopic (exact) mass is 256 g/mol. The first kappa shape index (κ1) is 15.0. The van der Waals surface area contributed by atoms with E-state index in [0.29, 0.717) is 12.3 Å². The van der Waals surface area contributed by atoms with Crippen LogP contribution in [0.4, 0.5) is 0 Å². The predicted octanol–water partition coefficient (Wildman–Crippen LogP) is 0.992. The molecule has 0 aromatic heterocycles. The first-order chi connectivity index (χ1) is 8.30. The maximum atomic E-state index is 11.9. The molecule has 1 saturated heterocycles. The fraction of sp³-hybridized carbons (Fsp3) is 0.846. The lowest BCUT2D eigenvalue weighted by Crippen LogP contribution is -2.49. The number of rotatable bonds is 4. The van der Waals surface area contributed by atoms with Crippen LogP contribution < -0.4 is 10.6 Å². The maximum absolute atomic E-state index is 11.9. The average Bonchev–Trinajstić information content (AvgIpc) is 2.25. The van der Waals surface area contributed by atoms with Gasteiger partial charge in [0, 0.05) is 6.42 Å². The first-order valence-electron chi connectivity index (χ1n) is 6.53. The van der Waals surface area contributed by atoms with E-state index in [-0.39, 0.29) is 5.91 Å². The molecule has 1 fully saturated rings. The van der Waals surface area contributed by atoms with Crippen molar-refractivity contribution >= 4 is 11.9 Å². The number of aliphatic carboxylic acids is 1. The molecule has 3 N–H and O–H groups in total. The zero-order chi connectivity index (χ0) is 13.8. The number of hydrogen-bond donors (Lipinski definition) is 3. The van der Waals surface area contributed by atoms with Crippen LogP contribution in [-0.4, -0.2) is 36.1 Å². The van der Waals surface area contributed by atoms with Crippen LogP contribution in [0.5, 0.6) is 0 Å². The fourth-order valence-electron chi connectivity index (χ4n) is 2.22. The smallest absolute Gasteiger partial charge is 0.326 e. The molecule has 0 aliphatic carbocycles. The molecule has 1 aliphatic heterocycles. The number of carboxylic acid groups (broad SMARTS) is 1. The van der Waals surface area contributed by atoms with Gasteiger partial charge in [0.25, 0.3) is 0 Å². The van der Waals surface area contributed by atoms with Crippen LogP contribution in [0.25, 0.3) is 0 Å². The van der Waals surface area contributed by atoms with E-state index in [2.05, 4.69) is 10.6 Å². The molecule has 0 saturated carbocycles. The van der Waals surface area contributed by atoms with Gasteiger partial charge < -0.3 is 15.7 Å². The van der Waals surface area contributed by atoms with Crippen molar-refractivity contribution in [2.75, 3.05) is 13.1 Å². The third-order valence-electron chi connectivity index (χ3n) is 3.35. The molecule has 104 valence electrons. The third kappa shape index (κ3) is 4.64. The predicted molar refractivity (Wildman–Crippen MR) is 69.2 cm³/mol. The van der Waals surface area contributed by atoms with E-state index < -0.39 is 17.4 Å². The second kappa shape index (κ2) is 6.18. The maximum Gasteiger partial charge on any atom is 0.326 e. The number of hydrogen-bond acceptors (Lipinski definition) is 3. The number of carbonyl (C=O) groups excluding carboxylic acids is 1. The minimum absolute atomic E-state index is 0.149. The Balaban J connectivity index is 2.48. The molecule has 0 aromatic rings. The molecule has 0 bridgehead atoms. The molecule has 0 spiro atoms. The Labute approximate surface area is 108 Å². The molecular weight excluding hydrogens is 232 g/mol. The van der Waals surface area contributed by atoms with E-state index >= 15 is 0 Å². The van der Waals surface area contributed by atoms with Gasteiger partial charge in [0.15, 0.2) is 0 Å². The summed E-state index contributed by atoms with van der Waals surface area (Å²) in [6.45, 7) is 7.34. The van der Waals surface area contributed by atoms with E-state index in [1.807, 2.05) is 20.8 Å². The van der Waals surface area contributed by atoms with Gasteiger partial charge in [0.1, 0.15) is 6.04 Å². The van der Waals surface area contributed by atoms with Gasteiger partial charge in [-0.3, -0.25) is 4.79 Å². The summed E-state index contributed by atoms with van der Waals surface area (Å²) >= 11 is 0. The molecule has 1 aliphatic rings. The molecule has 1 rings (SSSR count). The van der Waals surface area contributed by atoms with Gasteiger partial charge in [0.2, 0.25) is 5.91 Å². The minimum atomic E-state index is -0.971. The van der Waals surface area contributed by atoms with Crippen LogP contribution in [0.3, 0.4) is 0 Å². The highest BCUT2D eigenvalue weighted by Gasteiger charge is 2.32. The van der Waals surface area contributed by atoms with Crippen LogP contribution in [0.2, 0.25) is 0 Å². The Bertz CT molecular complexity index is 304. The molecule has 0 radical (unpaired) electrons. The van der Waals surface area contributed by atoms with Crippen molar-refractivity contribution in [1.82, 2.24) is 10.6 Å². The number of nitrogens with one attached hydrogen (secondary N) is 2. The van der Waals surface area contributed by atoms with Crippen molar-refractivity contribution in [3.63, 3.8) is 0 Å². The lowest BCUT2D eigenvalue weighted by Gasteiger charge is -2.29. The molecule has 1 heterocycles. The van der Waals surface area contributed by atoms with Crippen LogP contribution in [0, 0.1) is 11.3 Å². The molecular formula is C13H24N2O3. The van der Waals surface area contributed by atoms with Crippen LogP contribution in [0.1, 0.15) is 40.0 Å². The van der Waals surface area contributed by atoms with Crippen molar-refractivity contribution in [2.45, 2.75) is 46.1 Å². The zero-order valence-corrected chi connectivity index (χ0v) is 11.5. The average molecular weight is 256 g/mol. The lowest BCUT2D eigenvalue weighted by molar-refractivity contribution is -0.145. The fourth-order valence-corrected chi connectivity index (χ4v) is 2.22. The highest BCUT2D eigenvalue weighted by Crippen LogP contribution is 2.21. The van der Waals surface area contributed by atoms with E-state index in [9.17, 15) is 9.59 Å². The first-order valence-corrected chi connectivity index (χ1v) is 6.53. The molecule has 5 heteroatoms. The summed E-state index contributed by atoms with van der Waals surface area (Å²) in [5.74, 6) is -0.744. The van der Waals surface area contributed by atoms with Gasteiger partial charge in [-0.15, -0.1) is 0 Å². The topological polar surface area (TPSA) is 78.4 Å². The second-order valence-electron chi connectivity index (χ2n) is 6.10. The van der Waals surface area contributed by atoms with Crippen molar-refractivity contribution in [2.24, 2.45) is 11.3 Å². The van der Waals surface area contributed by atoms with Gasteiger partial charge in [-0.05, 0) is 37.3 Å². The highest BCUT2D eigenvalue weighted by atomic mass is 16.4. The largest absolute Gasteiger partial charge is 0.480 e. The lowest BCUT2D eigenvalue weighted by atomic mass is 9.86.